The van der Waals surface area contributed by atoms with Crippen LogP contribution in [0.5, 0.6) is 0 Å². The van der Waals surface area contributed by atoms with E-state index in [-0.39, 0.29) is 49.5 Å². The van der Waals surface area contributed by atoms with Gasteiger partial charge in [0.2, 0.25) is 5.69 Å². The van der Waals surface area contributed by atoms with Gasteiger partial charge in [-0.15, -0.1) is 7.05 Å². The Labute approximate surface area is 151 Å². The molecule has 0 unspecified atom stereocenters. The smallest absolute Gasteiger partial charge is 0.209 e. The SMILES string of the molecule is C[N-]/C=C/C=C/C1=[N+](C)c2ccccc2C1(C)C.[Ac]. The van der Waals surface area contributed by atoms with Gasteiger partial charge in [-0.25, -0.2) is 0 Å². The van der Waals surface area contributed by atoms with Crippen LogP contribution in [0.15, 0.2) is 48.7 Å². The van der Waals surface area contributed by atoms with Crippen LogP contribution >= 0.6 is 0 Å². The molecule has 3 heteroatoms. The Bertz CT molecular complexity index is 539. The summed E-state index contributed by atoms with van der Waals surface area (Å²) >= 11 is 0. The number of para-hydroxylation sites is 1. The summed E-state index contributed by atoms with van der Waals surface area (Å²) < 4.78 is 2.27. The Morgan fingerprint density at radius 2 is 1.84 bits per heavy atom. The van der Waals surface area contributed by atoms with Gasteiger partial charge in [-0.1, -0.05) is 30.4 Å². The van der Waals surface area contributed by atoms with E-state index in [9.17, 15) is 0 Å². The van der Waals surface area contributed by atoms with Crippen molar-refractivity contribution < 1.29 is 48.6 Å². The summed E-state index contributed by atoms with van der Waals surface area (Å²) in [5, 5.41) is 3.94. The van der Waals surface area contributed by atoms with Gasteiger partial charge >= 0.3 is 0 Å². The minimum absolute atomic E-state index is 0. The molecular weight excluding hydrogens is 447 g/mol. The van der Waals surface area contributed by atoms with E-state index in [1.54, 1.807) is 13.2 Å². The van der Waals surface area contributed by atoms with Gasteiger partial charge in [0, 0.05) is 61.8 Å². The summed E-state index contributed by atoms with van der Waals surface area (Å²) in [4.78, 5) is 0. The fourth-order valence-electron chi connectivity index (χ4n) is 2.58. The largest absolute Gasteiger partial charge is 0.693 e. The summed E-state index contributed by atoms with van der Waals surface area (Å²) in [6, 6.07) is 8.59. The van der Waals surface area contributed by atoms with E-state index in [1.807, 2.05) is 12.2 Å². The molecule has 1 aliphatic heterocycles. The van der Waals surface area contributed by atoms with E-state index in [0.29, 0.717) is 0 Å². The molecule has 0 amide bonds. The van der Waals surface area contributed by atoms with Crippen molar-refractivity contribution in [1.29, 1.82) is 0 Å². The molecule has 19 heavy (non-hydrogen) atoms. The molecule has 0 saturated carbocycles. The maximum Gasteiger partial charge on any atom is 0.209 e. The van der Waals surface area contributed by atoms with E-state index in [4.69, 9.17) is 0 Å². The second-order valence-corrected chi connectivity index (χ2v) is 5.05. The van der Waals surface area contributed by atoms with Gasteiger partial charge in [-0.3, -0.25) is 0 Å². The van der Waals surface area contributed by atoms with Crippen LogP contribution in [0.3, 0.4) is 0 Å². The molecule has 1 heterocycles. The zero-order valence-corrected chi connectivity index (χ0v) is 16.8. The Morgan fingerprint density at radius 1 is 1.16 bits per heavy atom. The van der Waals surface area contributed by atoms with Gasteiger partial charge in [0.05, 0.1) is 5.41 Å². The minimum atomic E-state index is 0. The number of allylic oxidation sites excluding steroid dienone is 3. The van der Waals surface area contributed by atoms with Crippen LogP contribution in [-0.2, 0) is 5.41 Å². The van der Waals surface area contributed by atoms with Gasteiger partial charge in [0.15, 0.2) is 5.71 Å². The Balaban J connectivity index is 0.00000180. The molecule has 0 bridgehead atoms. The van der Waals surface area contributed by atoms with Crippen molar-refractivity contribution in [3.8, 4) is 0 Å². The molecule has 0 aliphatic carbocycles. The number of fused-ring (bicyclic) bond motifs is 1. The summed E-state index contributed by atoms with van der Waals surface area (Å²) in [6.45, 7) is 4.53. The number of hydrogen-bond donors (Lipinski definition) is 0. The maximum absolute atomic E-state index is 3.94. The fourth-order valence-corrected chi connectivity index (χ4v) is 2.58. The first-order chi connectivity index (χ1) is 8.59. The predicted octanol–water partition coefficient (Wildman–Crippen LogP) is 3.77. The van der Waals surface area contributed by atoms with Crippen LogP contribution < -0.4 is 0 Å². The molecule has 1 aromatic carbocycles. The van der Waals surface area contributed by atoms with Gasteiger partial charge in [0.1, 0.15) is 7.05 Å². The first-order valence-electron chi connectivity index (χ1n) is 6.22. The van der Waals surface area contributed by atoms with Crippen LogP contribution in [0.2, 0.25) is 0 Å². The summed E-state index contributed by atoms with van der Waals surface area (Å²) in [7, 11) is 3.90. The van der Waals surface area contributed by atoms with Gasteiger partial charge in [0.25, 0.3) is 0 Å². The number of nitrogens with zero attached hydrogens (tertiary/aromatic N) is 2. The van der Waals surface area contributed by atoms with E-state index < -0.39 is 0 Å². The third-order valence-electron chi connectivity index (χ3n) is 3.54. The van der Waals surface area contributed by atoms with Gasteiger partial charge in [-0.05, 0) is 13.8 Å². The second kappa shape index (κ2) is 6.86. The summed E-state index contributed by atoms with van der Waals surface area (Å²) in [5.41, 5.74) is 4.05. The zero-order chi connectivity index (χ0) is 13.2. The molecule has 1 aliphatic rings. The maximum atomic E-state index is 3.94. The molecule has 97 valence electrons. The zero-order valence-electron chi connectivity index (χ0n) is 12.1. The van der Waals surface area contributed by atoms with Gasteiger partial charge < -0.3 is 5.32 Å². The van der Waals surface area contributed by atoms with Crippen molar-refractivity contribution in [2.75, 3.05) is 14.1 Å². The Morgan fingerprint density at radius 3 is 2.47 bits per heavy atom. The average molecular weight is 467 g/mol. The van der Waals surface area contributed by atoms with Crippen molar-refractivity contribution in [3.63, 3.8) is 0 Å². The Kier molecular flexibility index (Phi) is 6.02. The molecule has 2 rings (SSSR count). The van der Waals surface area contributed by atoms with Crippen molar-refractivity contribution in [3.05, 3.63) is 59.6 Å². The first kappa shape index (κ1) is 16.7. The molecular formula is C16H20AcN2. The Hall–Kier alpha value is -0.388. The van der Waals surface area contributed by atoms with E-state index >= 15 is 0 Å². The fraction of sp³-hybridized carbons (Fsp3) is 0.312. The molecule has 0 spiro atoms. The van der Waals surface area contributed by atoms with E-state index in [0.717, 1.165) is 0 Å². The monoisotopic (exact) mass is 467 g/mol. The average Bonchev–Trinajstić information content (AvgIpc) is 2.55. The molecule has 0 N–H and O–H groups in total. The molecule has 1 aromatic rings. The van der Waals surface area contributed by atoms with Crippen LogP contribution in [0.1, 0.15) is 19.4 Å². The molecule has 0 fully saturated rings. The van der Waals surface area contributed by atoms with E-state index in [2.05, 4.69) is 61.1 Å². The summed E-state index contributed by atoms with van der Waals surface area (Å²) in [5.74, 6) is 0. The standard InChI is InChI=1S/C16H20N2.Ac/c1-16(2)13-9-5-6-10-14(13)18(4)15(16)11-7-8-12-17-3;/h5-12H,1-4H3;. The molecule has 2 nitrogen and oxygen atoms in total. The quantitative estimate of drug-likeness (QED) is 0.476. The minimum Gasteiger partial charge on any atom is -0.693 e. The molecule has 0 aromatic heterocycles. The van der Waals surface area contributed by atoms with E-state index in [1.165, 1.54) is 17.0 Å². The first-order valence-corrected chi connectivity index (χ1v) is 6.22. The van der Waals surface area contributed by atoms with Crippen LogP contribution in [-0.4, -0.2) is 24.4 Å². The summed E-state index contributed by atoms with van der Waals surface area (Å²) in [6.07, 6.45) is 7.97. The van der Waals surface area contributed by atoms with Crippen LogP contribution in [0.4, 0.5) is 5.69 Å². The topological polar surface area (TPSA) is 17.1 Å². The normalized spacial score (nSPS) is 16.8. The number of benzene rings is 1. The molecule has 0 saturated heterocycles. The van der Waals surface area contributed by atoms with Gasteiger partial charge in [-0.2, -0.15) is 10.8 Å². The predicted molar refractivity (Wildman–Crippen MR) is 77.9 cm³/mol. The van der Waals surface area contributed by atoms with Crippen LogP contribution in [0.25, 0.3) is 5.32 Å². The third kappa shape index (κ3) is 3.20. The third-order valence-corrected chi connectivity index (χ3v) is 3.54. The van der Waals surface area contributed by atoms with Crippen molar-refractivity contribution in [2.24, 2.45) is 0 Å². The molecule has 1 radical (unpaired) electrons. The van der Waals surface area contributed by atoms with Crippen LogP contribution in [0, 0.1) is 44.1 Å². The number of rotatable bonds is 3. The molecule has 0 atom stereocenters. The second-order valence-electron chi connectivity index (χ2n) is 5.05. The van der Waals surface area contributed by atoms with Crippen molar-refractivity contribution in [1.82, 2.24) is 0 Å². The number of hydrogen-bond acceptors (Lipinski definition) is 0. The van der Waals surface area contributed by atoms with Crippen molar-refractivity contribution >= 4 is 11.4 Å². The van der Waals surface area contributed by atoms with Crippen molar-refractivity contribution in [2.45, 2.75) is 19.3 Å².